The molecule has 1 saturated heterocycles. The van der Waals surface area contributed by atoms with Crippen molar-refractivity contribution in [3.8, 4) is 45.1 Å². The van der Waals surface area contributed by atoms with E-state index < -0.39 is 0 Å². The highest BCUT2D eigenvalue weighted by molar-refractivity contribution is 6.01. The zero-order chi connectivity index (χ0) is 27.1. The second kappa shape index (κ2) is 10.1. The predicted molar refractivity (Wildman–Crippen MR) is 153 cm³/mol. The van der Waals surface area contributed by atoms with E-state index in [1.54, 1.807) is 6.20 Å². The number of ether oxygens (including phenoxy) is 2. The molecular formula is C31H27FN6O2. The number of piperidine rings is 1. The number of halogens is 1. The molecule has 8 nitrogen and oxygen atoms in total. The molecule has 7 rings (SSSR count). The molecule has 6 aromatic rings. The van der Waals surface area contributed by atoms with Crippen molar-refractivity contribution in [2.45, 2.75) is 18.9 Å². The van der Waals surface area contributed by atoms with Crippen molar-refractivity contribution in [1.29, 1.82) is 0 Å². The van der Waals surface area contributed by atoms with Crippen LogP contribution >= 0.6 is 0 Å². The number of H-pyrrole nitrogens is 2. The number of nitrogens with one attached hydrogen (secondary N) is 3. The number of fused-ring (bicyclic) bond motifs is 2. The number of methoxy groups -OCH3 is 1. The van der Waals surface area contributed by atoms with Gasteiger partial charge in [-0.15, -0.1) is 0 Å². The molecule has 5 heterocycles. The number of nitrogens with zero attached hydrogens (tertiary/aromatic N) is 3. The second-order valence-corrected chi connectivity index (χ2v) is 10.00. The van der Waals surface area contributed by atoms with Gasteiger partial charge in [0.2, 0.25) is 0 Å². The van der Waals surface area contributed by atoms with Crippen LogP contribution in [0, 0.1) is 5.82 Å². The smallest absolute Gasteiger partial charge is 0.155 e. The molecule has 0 spiro atoms. The normalized spacial score (nSPS) is 14.2. The lowest BCUT2D eigenvalue weighted by Crippen LogP contribution is -2.34. The van der Waals surface area contributed by atoms with Crippen LogP contribution in [0.3, 0.4) is 0 Å². The van der Waals surface area contributed by atoms with Gasteiger partial charge in [0.05, 0.1) is 19.0 Å². The maximum Gasteiger partial charge on any atom is 0.155 e. The molecule has 3 N–H and O–H groups in total. The van der Waals surface area contributed by atoms with E-state index in [1.807, 2.05) is 48.8 Å². The first-order chi connectivity index (χ1) is 19.6. The Morgan fingerprint density at radius 3 is 2.60 bits per heavy atom. The summed E-state index contributed by atoms with van der Waals surface area (Å²) < 4.78 is 25.8. The van der Waals surface area contributed by atoms with Crippen LogP contribution in [0.5, 0.6) is 11.5 Å². The fourth-order valence-electron chi connectivity index (χ4n) is 5.38. The Labute approximate surface area is 229 Å². The summed E-state index contributed by atoms with van der Waals surface area (Å²) in [7, 11) is 1.53. The lowest BCUT2D eigenvalue weighted by Gasteiger charge is -2.23. The van der Waals surface area contributed by atoms with Gasteiger partial charge >= 0.3 is 0 Å². The molecule has 0 bridgehead atoms. The minimum Gasteiger partial charge on any atom is -0.497 e. The van der Waals surface area contributed by atoms with Crippen molar-refractivity contribution in [2.24, 2.45) is 0 Å². The highest BCUT2D eigenvalue weighted by Crippen LogP contribution is 2.36. The van der Waals surface area contributed by atoms with E-state index >= 15 is 0 Å². The van der Waals surface area contributed by atoms with Crippen LogP contribution in [0.2, 0.25) is 0 Å². The summed E-state index contributed by atoms with van der Waals surface area (Å²) in [6.45, 7) is 1.93. The SMILES string of the molecule is COc1cc(F)cc(-c2cccc3[nH]c(-c4n[nH]c5ncc(-c6cncc(OC7CCNCC7)c6)cc45)cc23)c1. The predicted octanol–water partition coefficient (Wildman–Crippen LogP) is 6.11. The molecule has 0 atom stereocenters. The van der Waals surface area contributed by atoms with Crippen molar-refractivity contribution < 1.29 is 13.9 Å². The summed E-state index contributed by atoms with van der Waals surface area (Å²) in [6.07, 6.45) is 7.55. The highest BCUT2D eigenvalue weighted by Gasteiger charge is 2.17. The fraction of sp³-hybridized carbons (Fsp3) is 0.194. The van der Waals surface area contributed by atoms with Gasteiger partial charge in [0.15, 0.2) is 5.65 Å². The molecule has 9 heteroatoms. The number of benzene rings is 2. The minimum absolute atomic E-state index is 0.194. The monoisotopic (exact) mass is 534 g/mol. The van der Waals surface area contributed by atoms with E-state index in [-0.39, 0.29) is 11.9 Å². The molecule has 1 aliphatic heterocycles. The van der Waals surface area contributed by atoms with Crippen LogP contribution in [0.1, 0.15) is 12.8 Å². The van der Waals surface area contributed by atoms with Crippen molar-refractivity contribution in [3.05, 3.63) is 79.0 Å². The lowest BCUT2D eigenvalue weighted by atomic mass is 10.0. The maximum atomic E-state index is 14.3. The molecule has 0 aliphatic carbocycles. The van der Waals surface area contributed by atoms with E-state index in [9.17, 15) is 4.39 Å². The van der Waals surface area contributed by atoms with Crippen molar-refractivity contribution in [1.82, 2.24) is 30.5 Å². The van der Waals surface area contributed by atoms with E-state index in [2.05, 4.69) is 36.5 Å². The highest BCUT2D eigenvalue weighted by atomic mass is 19.1. The number of rotatable bonds is 6. The van der Waals surface area contributed by atoms with Gasteiger partial charge in [-0.05, 0) is 73.5 Å². The standard InChI is InChI=1S/C31H27FN6O2/c1-39-23-10-18(9-21(32)13-23)25-3-2-4-28-26(25)14-29(36-28)30-27-12-20(16-35-31(27)38-37-30)19-11-24(17-34-15-19)40-22-5-7-33-8-6-22/h2-4,9-17,22,33,36H,5-8H2,1H3,(H,35,37,38). The molecule has 0 unspecified atom stereocenters. The van der Waals surface area contributed by atoms with Crippen molar-refractivity contribution in [2.75, 3.05) is 20.2 Å². The van der Waals surface area contributed by atoms with Crippen LogP contribution in [-0.4, -0.2) is 51.5 Å². The van der Waals surface area contributed by atoms with E-state index in [1.165, 1.54) is 19.2 Å². The average Bonchev–Trinajstić information content (AvgIpc) is 3.61. The zero-order valence-electron chi connectivity index (χ0n) is 21.9. The Bertz CT molecular complexity index is 1840. The van der Waals surface area contributed by atoms with Crippen molar-refractivity contribution >= 4 is 21.9 Å². The molecule has 0 radical (unpaired) electrons. The van der Waals surface area contributed by atoms with Crippen LogP contribution in [0.15, 0.2) is 73.2 Å². The summed E-state index contributed by atoms with van der Waals surface area (Å²) in [6, 6.07) is 16.8. The van der Waals surface area contributed by atoms with Gasteiger partial charge in [0, 0.05) is 45.9 Å². The molecular weight excluding hydrogens is 507 g/mol. The molecule has 2 aromatic carbocycles. The topological polar surface area (TPSA) is 101 Å². The fourth-order valence-corrected chi connectivity index (χ4v) is 5.38. The van der Waals surface area contributed by atoms with Gasteiger partial charge in [-0.3, -0.25) is 10.1 Å². The Balaban J connectivity index is 1.26. The van der Waals surface area contributed by atoms with Crippen molar-refractivity contribution in [3.63, 3.8) is 0 Å². The first kappa shape index (κ1) is 24.3. The molecule has 1 fully saturated rings. The maximum absolute atomic E-state index is 14.3. The number of hydrogen-bond donors (Lipinski definition) is 3. The first-order valence-corrected chi connectivity index (χ1v) is 13.3. The van der Waals surface area contributed by atoms with E-state index in [0.29, 0.717) is 11.4 Å². The number of aromatic amines is 2. The molecule has 40 heavy (non-hydrogen) atoms. The summed E-state index contributed by atoms with van der Waals surface area (Å²) in [5.41, 5.74) is 6.66. The van der Waals surface area contributed by atoms with Gasteiger partial charge in [0.25, 0.3) is 0 Å². The second-order valence-electron chi connectivity index (χ2n) is 10.00. The summed E-state index contributed by atoms with van der Waals surface area (Å²) in [4.78, 5) is 12.5. The van der Waals surface area contributed by atoms with Gasteiger partial charge in [0.1, 0.15) is 29.1 Å². The van der Waals surface area contributed by atoms with Gasteiger partial charge in [-0.1, -0.05) is 12.1 Å². The number of hydrogen-bond acceptors (Lipinski definition) is 6. The Kier molecular flexibility index (Phi) is 6.13. The molecule has 4 aromatic heterocycles. The Morgan fingerprint density at radius 1 is 0.875 bits per heavy atom. The molecule has 0 amide bonds. The largest absolute Gasteiger partial charge is 0.497 e. The van der Waals surface area contributed by atoms with Gasteiger partial charge < -0.3 is 19.8 Å². The summed E-state index contributed by atoms with van der Waals surface area (Å²) in [5.74, 6) is 0.882. The summed E-state index contributed by atoms with van der Waals surface area (Å²) in [5, 5.41) is 12.8. The van der Waals surface area contributed by atoms with Gasteiger partial charge in [-0.2, -0.15) is 5.10 Å². The third-order valence-electron chi connectivity index (χ3n) is 7.39. The average molecular weight is 535 g/mol. The third-order valence-corrected chi connectivity index (χ3v) is 7.39. The summed E-state index contributed by atoms with van der Waals surface area (Å²) >= 11 is 0. The Hall–Kier alpha value is -4.76. The van der Waals surface area contributed by atoms with Crippen LogP contribution in [-0.2, 0) is 0 Å². The number of aromatic nitrogens is 5. The van der Waals surface area contributed by atoms with E-state index in [4.69, 9.17) is 9.47 Å². The molecule has 0 saturated carbocycles. The minimum atomic E-state index is -0.348. The van der Waals surface area contributed by atoms with Crippen LogP contribution in [0.25, 0.3) is 55.6 Å². The van der Waals surface area contributed by atoms with E-state index in [0.717, 1.165) is 81.6 Å². The van der Waals surface area contributed by atoms with Crippen LogP contribution < -0.4 is 14.8 Å². The molecule has 200 valence electrons. The molecule has 1 aliphatic rings. The zero-order valence-corrected chi connectivity index (χ0v) is 21.9. The lowest BCUT2D eigenvalue weighted by molar-refractivity contribution is 0.162. The quantitative estimate of drug-likeness (QED) is 0.238. The first-order valence-electron chi connectivity index (χ1n) is 13.3. The van der Waals surface area contributed by atoms with Gasteiger partial charge in [-0.25, -0.2) is 9.37 Å². The Morgan fingerprint density at radius 2 is 1.73 bits per heavy atom. The van der Waals surface area contributed by atoms with Crippen LogP contribution in [0.4, 0.5) is 4.39 Å². The third kappa shape index (κ3) is 4.54. The number of pyridine rings is 2.